The van der Waals surface area contributed by atoms with Crippen molar-refractivity contribution >= 4 is 17.3 Å². The van der Waals surface area contributed by atoms with Gasteiger partial charge in [0.05, 0.1) is 17.8 Å². The molecule has 0 aliphatic heterocycles. The molecule has 0 spiro atoms. The van der Waals surface area contributed by atoms with Gasteiger partial charge in [-0.2, -0.15) is 0 Å². The molecule has 4 N–H and O–H groups in total. The fourth-order valence-electron chi connectivity index (χ4n) is 8.19. The minimum absolute atomic E-state index is 0.0368. The van der Waals surface area contributed by atoms with Crippen LogP contribution in [0.1, 0.15) is 80.1 Å². The fourth-order valence-corrected chi connectivity index (χ4v) is 8.19. The van der Waals surface area contributed by atoms with E-state index in [1.807, 2.05) is 27.7 Å². The van der Waals surface area contributed by atoms with Gasteiger partial charge < -0.3 is 20.4 Å². The Kier molecular flexibility index (Phi) is 6.32. The molecule has 3 saturated carbocycles. The largest absolute Gasteiger partial charge is 0.390 e. The monoisotopic (exact) mass is 490 g/mol. The Hall–Kier alpha value is -1.41. The second-order valence-corrected chi connectivity index (χ2v) is 13.0. The molecule has 10 atom stereocenters. The van der Waals surface area contributed by atoms with Crippen molar-refractivity contribution in [2.75, 3.05) is 0 Å². The number of Topliss-reactive ketones (excluding diaryl/α,β-unsaturated/α-hetero) is 2. The number of hydrogen-bond acceptors (Lipinski definition) is 7. The quantitative estimate of drug-likeness (QED) is 0.435. The number of fused-ring (bicyclic) bond motifs is 5. The van der Waals surface area contributed by atoms with Gasteiger partial charge in [0.2, 0.25) is 11.6 Å². The number of aliphatic hydroxyl groups excluding tert-OH is 2. The van der Waals surface area contributed by atoms with Crippen LogP contribution in [0.3, 0.4) is 0 Å². The molecule has 0 saturated heterocycles. The molecule has 196 valence electrons. The molecular weight excluding hydrogens is 448 g/mol. The first-order valence-corrected chi connectivity index (χ1v) is 13.2. The van der Waals surface area contributed by atoms with E-state index in [4.69, 9.17) is 0 Å². The molecule has 7 heteroatoms. The van der Waals surface area contributed by atoms with Gasteiger partial charge in [0, 0.05) is 23.2 Å². The minimum atomic E-state index is -1.93. The maximum absolute atomic E-state index is 13.3. The van der Waals surface area contributed by atoms with Crippen molar-refractivity contribution in [2.24, 2.45) is 40.4 Å². The van der Waals surface area contributed by atoms with E-state index in [2.05, 4.69) is 0 Å². The standard InChI is InChI=1S/C28H42O7/c1-14(2)15(3)23(32)24(33)27(6,34)22-8-10-28(35)17-11-19(29)18-12-20(30)21(31)13-25(18,4)16(17)7-9-26(22,28)5/h11,14-16,18,20-22,30-31,34-35H,7-10,12-13H2,1-6H3/t15?,16-,18-,20+,21-,22?,25+,26+,27+,28+/m0/s1. The Bertz CT molecular complexity index is 966. The van der Waals surface area contributed by atoms with Gasteiger partial charge in [0.25, 0.3) is 0 Å². The normalized spacial score (nSPS) is 45.6. The zero-order valence-corrected chi connectivity index (χ0v) is 21.9. The van der Waals surface area contributed by atoms with Gasteiger partial charge in [-0.1, -0.05) is 34.6 Å². The lowest BCUT2D eigenvalue weighted by Crippen LogP contribution is -2.63. The SMILES string of the molecule is CC(C)C(C)C(=O)C(=O)[C@](C)(O)C1CC[C@@]2(O)C3=CC(=O)[C@@H]4C[C@@H](O)[C@@H](O)C[C@]4(C)[C@H]3CC[C@]12C. The zero-order valence-electron chi connectivity index (χ0n) is 21.9. The number of allylic oxidation sites excluding steroid dienone is 1. The third-order valence-corrected chi connectivity index (χ3v) is 10.9. The molecule has 2 unspecified atom stereocenters. The number of carbonyl (C=O) groups excluding carboxylic acids is 3. The highest BCUT2D eigenvalue weighted by Crippen LogP contribution is 2.68. The lowest BCUT2D eigenvalue weighted by atomic mass is 9.45. The average molecular weight is 491 g/mol. The van der Waals surface area contributed by atoms with E-state index in [-0.39, 0.29) is 36.9 Å². The summed E-state index contributed by atoms with van der Waals surface area (Å²) in [6.45, 7) is 10.7. The Morgan fingerprint density at radius 1 is 1.06 bits per heavy atom. The third kappa shape index (κ3) is 3.56. The Morgan fingerprint density at radius 2 is 1.69 bits per heavy atom. The van der Waals surface area contributed by atoms with Crippen LogP contribution < -0.4 is 0 Å². The van der Waals surface area contributed by atoms with Crippen molar-refractivity contribution in [2.45, 2.75) is 103 Å². The molecule has 35 heavy (non-hydrogen) atoms. The van der Waals surface area contributed by atoms with E-state index < -0.39 is 63.6 Å². The second kappa shape index (κ2) is 8.30. The van der Waals surface area contributed by atoms with E-state index in [1.54, 1.807) is 13.0 Å². The maximum Gasteiger partial charge on any atom is 0.230 e. The fraction of sp³-hybridized carbons (Fsp3) is 0.821. The van der Waals surface area contributed by atoms with Crippen molar-refractivity contribution in [3.05, 3.63) is 11.6 Å². The highest BCUT2D eigenvalue weighted by atomic mass is 16.3. The molecule has 0 aromatic rings. The summed E-state index contributed by atoms with van der Waals surface area (Å²) < 4.78 is 0. The van der Waals surface area contributed by atoms with Crippen molar-refractivity contribution in [3.8, 4) is 0 Å². The molecule has 0 heterocycles. The van der Waals surface area contributed by atoms with Gasteiger partial charge in [0.15, 0.2) is 5.78 Å². The molecule has 0 radical (unpaired) electrons. The highest BCUT2D eigenvalue weighted by Gasteiger charge is 2.69. The smallest absolute Gasteiger partial charge is 0.230 e. The van der Waals surface area contributed by atoms with E-state index >= 15 is 0 Å². The zero-order chi connectivity index (χ0) is 26.3. The first-order valence-electron chi connectivity index (χ1n) is 13.2. The van der Waals surface area contributed by atoms with Gasteiger partial charge in [-0.05, 0) is 74.3 Å². The van der Waals surface area contributed by atoms with Gasteiger partial charge >= 0.3 is 0 Å². The van der Waals surface area contributed by atoms with E-state index in [0.29, 0.717) is 24.8 Å². The van der Waals surface area contributed by atoms with Crippen LogP contribution in [0, 0.1) is 40.4 Å². The predicted octanol–water partition coefficient (Wildman–Crippen LogP) is 2.37. The van der Waals surface area contributed by atoms with Crippen molar-refractivity contribution in [3.63, 3.8) is 0 Å². The van der Waals surface area contributed by atoms with Crippen molar-refractivity contribution < 1.29 is 34.8 Å². The van der Waals surface area contributed by atoms with E-state index in [0.717, 1.165) is 0 Å². The first-order chi connectivity index (χ1) is 16.0. The second-order valence-electron chi connectivity index (χ2n) is 13.0. The molecule has 4 aliphatic carbocycles. The maximum atomic E-state index is 13.3. The Balaban J connectivity index is 1.71. The van der Waals surface area contributed by atoms with Crippen LogP contribution in [0.5, 0.6) is 0 Å². The number of ketones is 3. The predicted molar refractivity (Wildman–Crippen MR) is 129 cm³/mol. The molecule has 0 aromatic carbocycles. The topological polar surface area (TPSA) is 132 Å². The molecule has 0 amide bonds. The Morgan fingerprint density at radius 3 is 2.29 bits per heavy atom. The number of carbonyl (C=O) groups is 3. The van der Waals surface area contributed by atoms with Gasteiger partial charge in [-0.15, -0.1) is 0 Å². The number of aliphatic hydroxyl groups is 4. The summed E-state index contributed by atoms with van der Waals surface area (Å²) in [5, 5.41) is 44.4. The van der Waals surface area contributed by atoms with Crippen LogP contribution in [-0.4, -0.2) is 61.2 Å². The summed E-state index contributed by atoms with van der Waals surface area (Å²) >= 11 is 0. The van der Waals surface area contributed by atoms with Gasteiger partial charge in [-0.25, -0.2) is 0 Å². The number of rotatable bonds is 5. The lowest BCUT2D eigenvalue weighted by molar-refractivity contribution is -0.170. The van der Waals surface area contributed by atoms with Crippen LogP contribution in [0.4, 0.5) is 0 Å². The Labute approximate surface area is 208 Å². The van der Waals surface area contributed by atoms with Crippen LogP contribution in [0.2, 0.25) is 0 Å². The first kappa shape index (κ1) is 26.6. The van der Waals surface area contributed by atoms with E-state index in [9.17, 15) is 34.8 Å². The van der Waals surface area contributed by atoms with Crippen molar-refractivity contribution in [1.29, 1.82) is 0 Å². The molecule has 4 aliphatic rings. The van der Waals surface area contributed by atoms with Crippen LogP contribution >= 0.6 is 0 Å². The summed E-state index contributed by atoms with van der Waals surface area (Å²) in [5.41, 5.74) is -4.18. The van der Waals surface area contributed by atoms with E-state index in [1.165, 1.54) is 6.92 Å². The van der Waals surface area contributed by atoms with Gasteiger partial charge in [-0.3, -0.25) is 14.4 Å². The van der Waals surface area contributed by atoms with Gasteiger partial charge in [0.1, 0.15) is 5.60 Å². The van der Waals surface area contributed by atoms with Crippen LogP contribution in [-0.2, 0) is 14.4 Å². The molecular formula is C28H42O7. The highest BCUT2D eigenvalue weighted by molar-refractivity contribution is 6.40. The summed E-state index contributed by atoms with van der Waals surface area (Å²) in [6.07, 6.45) is 1.95. The van der Waals surface area contributed by atoms with Crippen LogP contribution in [0.15, 0.2) is 11.6 Å². The molecule has 3 fully saturated rings. The summed E-state index contributed by atoms with van der Waals surface area (Å²) in [7, 11) is 0. The summed E-state index contributed by atoms with van der Waals surface area (Å²) in [5.74, 6) is -3.29. The molecule has 4 rings (SSSR count). The van der Waals surface area contributed by atoms with Crippen molar-refractivity contribution in [1.82, 2.24) is 0 Å². The number of hydrogen-bond donors (Lipinski definition) is 4. The van der Waals surface area contributed by atoms with Crippen LogP contribution in [0.25, 0.3) is 0 Å². The lowest BCUT2D eigenvalue weighted by Gasteiger charge is -2.60. The average Bonchev–Trinajstić information content (AvgIpc) is 3.06. The molecule has 0 aromatic heterocycles. The third-order valence-electron chi connectivity index (χ3n) is 10.9. The molecule has 0 bridgehead atoms. The summed E-state index contributed by atoms with van der Waals surface area (Å²) in [4.78, 5) is 39.4. The summed E-state index contributed by atoms with van der Waals surface area (Å²) in [6, 6.07) is 0. The minimum Gasteiger partial charge on any atom is -0.390 e. The molecule has 7 nitrogen and oxygen atoms in total.